The molecular weight excluding hydrogens is 270 g/mol. The number of amides is 2. The molecule has 3 nitrogen and oxygen atoms in total. The molecule has 1 aliphatic heterocycles. The van der Waals surface area contributed by atoms with Crippen molar-refractivity contribution < 1.29 is 9.59 Å². The van der Waals surface area contributed by atoms with E-state index in [1.165, 1.54) is 4.88 Å². The molecule has 110 valence electrons. The molecular formula is C16H23NO2S. The molecule has 1 N–H and O–H groups in total. The van der Waals surface area contributed by atoms with Gasteiger partial charge in [0.25, 0.3) is 0 Å². The summed E-state index contributed by atoms with van der Waals surface area (Å²) in [4.78, 5) is 26.3. The van der Waals surface area contributed by atoms with Gasteiger partial charge in [0, 0.05) is 28.0 Å². The number of hydrogen-bond donors (Lipinski definition) is 1. The third kappa shape index (κ3) is 2.95. The van der Waals surface area contributed by atoms with Gasteiger partial charge in [0.1, 0.15) is 0 Å². The van der Waals surface area contributed by atoms with Gasteiger partial charge in [0.2, 0.25) is 11.8 Å². The van der Waals surface area contributed by atoms with Crippen molar-refractivity contribution in [1.82, 2.24) is 5.32 Å². The molecule has 1 fully saturated rings. The highest BCUT2D eigenvalue weighted by molar-refractivity contribution is 7.12. The summed E-state index contributed by atoms with van der Waals surface area (Å²) in [6.45, 7) is 10.6. The van der Waals surface area contributed by atoms with Crippen LogP contribution in [0.1, 0.15) is 56.7 Å². The molecule has 0 aromatic carbocycles. The molecule has 1 aromatic rings. The summed E-state index contributed by atoms with van der Waals surface area (Å²) in [5.74, 6) is -0.126. The van der Waals surface area contributed by atoms with E-state index in [4.69, 9.17) is 0 Å². The molecule has 0 saturated carbocycles. The minimum absolute atomic E-state index is 0.0253. The molecule has 2 heterocycles. The van der Waals surface area contributed by atoms with Gasteiger partial charge < -0.3 is 0 Å². The lowest BCUT2D eigenvalue weighted by atomic mass is 9.77. The molecule has 1 saturated heterocycles. The van der Waals surface area contributed by atoms with Crippen molar-refractivity contribution in [1.29, 1.82) is 0 Å². The van der Waals surface area contributed by atoms with Crippen molar-refractivity contribution in [2.24, 2.45) is 11.8 Å². The molecule has 2 rings (SSSR count). The average molecular weight is 293 g/mol. The number of rotatable bonds is 2. The first-order valence-corrected chi connectivity index (χ1v) is 7.95. The molecule has 0 radical (unpaired) electrons. The third-order valence-electron chi connectivity index (χ3n) is 3.85. The topological polar surface area (TPSA) is 46.2 Å². The molecule has 1 aliphatic rings. The summed E-state index contributed by atoms with van der Waals surface area (Å²) < 4.78 is 0. The van der Waals surface area contributed by atoms with E-state index in [9.17, 15) is 9.59 Å². The maximum Gasteiger partial charge on any atom is 0.230 e. The van der Waals surface area contributed by atoms with Gasteiger partial charge in [-0.2, -0.15) is 0 Å². The van der Waals surface area contributed by atoms with E-state index >= 15 is 0 Å². The number of hydrogen-bond acceptors (Lipinski definition) is 3. The second-order valence-electron chi connectivity index (χ2n) is 6.94. The fraction of sp³-hybridized carbons (Fsp3) is 0.625. The zero-order chi connectivity index (χ0) is 15.1. The first-order chi connectivity index (χ1) is 9.20. The monoisotopic (exact) mass is 293 g/mol. The Morgan fingerprint density at radius 1 is 1.25 bits per heavy atom. The van der Waals surface area contributed by atoms with Crippen molar-refractivity contribution >= 4 is 23.2 Å². The normalized spacial score (nSPS) is 24.1. The Labute approximate surface area is 124 Å². The van der Waals surface area contributed by atoms with E-state index in [1.54, 1.807) is 11.3 Å². The summed E-state index contributed by atoms with van der Waals surface area (Å²) >= 11 is 1.74. The second kappa shape index (κ2) is 5.32. The Kier molecular flexibility index (Phi) is 4.05. The fourth-order valence-corrected chi connectivity index (χ4v) is 3.99. The number of carbonyl (C=O) groups is 2. The van der Waals surface area contributed by atoms with Gasteiger partial charge in [-0.1, -0.05) is 34.6 Å². The van der Waals surface area contributed by atoms with E-state index in [2.05, 4.69) is 38.2 Å². The maximum absolute atomic E-state index is 12.1. The molecule has 2 amide bonds. The summed E-state index contributed by atoms with van der Waals surface area (Å²) in [7, 11) is 0. The summed E-state index contributed by atoms with van der Waals surface area (Å²) in [5.41, 5.74) is 0.108. The van der Waals surface area contributed by atoms with Gasteiger partial charge in [0.15, 0.2) is 0 Å². The van der Waals surface area contributed by atoms with Crippen molar-refractivity contribution in [3.8, 4) is 0 Å². The van der Waals surface area contributed by atoms with Crippen LogP contribution in [0.5, 0.6) is 0 Å². The van der Waals surface area contributed by atoms with Crippen LogP contribution in [0.4, 0.5) is 0 Å². The predicted molar refractivity (Wildman–Crippen MR) is 81.9 cm³/mol. The van der Waals surface area contributed by atoms with E-state index in [-0.39, 0.29) is 35.0 Å². The Morgan fingerprint density at radius 2 is 1.90 bits per heavy atom. The largest absolute Gasteiger partial charge is 0.296 e. The van der Waals surface area contributed by atoms with Crippen molar-refractivity contribution in [3.05, 3.63) is 21.9 Å². The number of carbonyl (C=O) groups excluding carboxylic acids is 2. The van der Waals surface area contributed by atoms with Crippen molar-refractivity contribution in [3.63, 3.8) is 0 Å². The minimum atomic E-state index is -0.150. The average Bonchev–Trinajstić information content (AvgIpc) is 2.75. The highest BCUT2D eigenvalue weighted by Crippen LogP contribution is 2.41. The first-order valence-electron chi connectivity index (χ1n) is 7.14. The molecule has 0 bridgehead atoms. The minimum Gasteiger partial charge on any atom is -0.296 e. The molecule has 1 aromatic heterocycles. The van der Waals surface area contributed by atoms with Gasteiger partial charge in [-0.25, -0.2) is 0 Å². The fourth-order valence-electron chi connectivity index (χ4n) is 2.78. The predicted octanol–water partition coefficient (Wildman–Crippen LogP) is 3.45. The smallest absolute Gasteiger partial charge is 0.230 e. The van der Waals surface area contributed by atoms with Gasteiger partial charge in [0.05, 0.1) is 0 Å². The Balaban J connectivity index is 2.35. The second-order valence-corrected chi connectivity index (χ2v) is 8.06. The van der Waals surface area contributed by atoms with E-state index < -0.39 is 0 Å². The zero-order valence-electron chi connectivity index (χ0n) is 12.8. The lowest BCUT2D eigenvalue weighted by Gasteiger charge is -2.32. The van der Waals surface area contributed by atoms with E-state index in [0.29, 0.717) is 6.42 Å². The Bertz CT molecular complexity index is 525. The van der Waals surface area contributed by atoms with Crippen LogP contribution in [0.2, 0.25) is 0 Å². The Hall–Kier alpha value is -1.16. The summed E-state index contributed by atoms with van der Waals surface area (Å²) in [6.07, 6.45) is 0.415. The van der Waals surface area contributed by atoms with Crippen LogP contribution in [0.15, 0.2) is 12.1 Å². The zero-order valence-corrected chi connectivity index (χ0v) is 13.6. The van der Waals surface area contributed by atoms with Crippen LogP contribution in [0, 0.1) is 11.8 Å². The highest BCUT2D eigenvalue weighted by atomic mass is 32.1. The van der Waals surface area contributed by atoms with Crippen LogP contribution in [-0.2, 0) is 15.0 Å². The third-order valence-corrected chi connectivity index (χ3v) is 5.50. The van der Waals surface area contributed by atoms with Gasteiger partial charge >= 0.3 is 0 Å². The molecule has 20 heavy (non-hydrogen) atoms. The number of thiophene rings is 1. The van der Waals surface area contributed by atoms with Crippen LogP contribution in [-0.4, -0.2) is 11.8 Å². The maximum atomic E-state index is 12.1. The van der Waals surface area contributed by atoms with Crippen molar-refractivity contribution in [2.45, 2.75) is 52.4 Å². The SMILES string of the molecule is CC(C)C1C(=O)NC(=O)CC1c1ccc(C(C)(C)C)s1. The summed E-state index contributed by atoms with van der Waals surface area (Å²) in [5, 5.41) is 2.47. The van der Waals surface area contributed by atoms with Crippen LogP contribution in [0.3, 0.4) is 0 Å². The molecule has 0 aliphatic carbocycles. The number of piperidine rings is 1. The lowest BCUT2D eigenvalue weighted by molar-refractivity contribution is -0.138. The van der Waals surface area contributed by atoms with E-state index in [1.807, 2.05) is 13.8 Å². The van der Waals surface area contributed by atoms with E-state index in [0.717, 1.165) is 4.88 Å². The van der Waals surface area contributed by atoms with Gasteiger partial charge in [-0.05, 0) is 23.5 Å². The molecule has 2 atom stereocenters. The van der Waals surface area contributed by atoms with Crippen LogP contribution >= 0.6 is 11.3 Å². The van der Waals surface area contributed by atoms with Crippen LogP contribution in [0.25, 0.3) is 0 Å². The molecule has 0 spiro atoms. The summed E-state index contributed by atoms with van der Waals surface area (Å²) in [6, 6.07) is 4.23. The highest BCUT2D eigenvalue weighted by Gasteiger charge is 2.39. The Morgan fingerprint density at radius 3 is 2.40 bits per heavy atom. The number of imide groups is 1. The molecule has 2 unspecified atom stereocenters. The number of nitrogens with one attached hydrogen (secondary N) is 1. The van der Waals surface area contributed by atoms with Crippen LogP contribution < -0.4 is 5.32 Å². The van der Waals surface area contributed by atoms with Crippen molar-refractivity contribution in [2.75, 3.05) is 0 Å². The quantitative estimate of drug-likeness (QED) is 0.849. The molecule has 4 heteroatoms. The first kappa shape index (κ1) is 15.2. The lowest BCUT2D eigenvalue weighted by Crippen LogP contribution is -2.46. The van der Waals surface area contributed by atoms with Gasteiger partial charge in [-0.15, -0.1) is 11.3 Å². The van der Waals surface area contributed by atoms with Gasteiger partial charge in [-0.3, -0.25) is 14.9 Å². The standard InChI is InChI=1S/C16H23NO2S/c1-9(2)14-10(8-13(18)17-15(14)19)11-6-7-12(20-11)16(3,4)5/h6-7,9-10,14H,8H2,1-5H3,(H,17,18,19).